The summed E-state index contributed by atoms with van der Waals surface area (Å²) in [7, 11) is -1.72. The Morgan fingerprint density at radius 2 is 2.07 bits per heavy atom. The van der Waals surface area contributed by atoms with E-state index in [2.05, 4.69) is 22.2 Å². The van der Waals surface area contributed by atoms with Crippen molar-refractivity contribution in [3.8, 4) is 11.5 Å². The van der Waals surface area contributed by atoms with Crippen molar-refractivity contribution in [3.63, 3.8) is 0 Å². The molecule has 0 radical (unpaired) electrons. The van der Waals surface area contributed by atoms with Crippen LogP contribution in [-0.2, 0) is 36.6 Å². The van der Waals surface area contributed by atoms with Gasteiger partial charge in [-0.25, -0.2) is 8.42 Å². The lowest BCUT2D eigenvalue weighted by Crippen LogP contribution is -2.36. The van der Waals surface area contributed by atoms with Crippen LogP contribution in [0.1, 0.15) is 25.1 Å². The van der Waals surface area contributed by atoms with Crippen molar-refractivity contribution in [1.82, 2.24) is 28.9 Å². The third-order valence-electron chi connectivity index (χ3n) is 4.87. The van der Waals surface area contributed by atoms with Gasteiger partial charge in [0, 0.05) is 44.4 Å². The molecule has 0 atom stereocenters. The summed E-state index contributed by atoms with van der Waals surface area (Å²) in [5, 5.41) is 14.2. The number of halogens is 1. The predicted octanol–water partition coefficient (Wildman–Crippen LogP) is 3.27. The molecule has 4 rings (SSSR count). The van der Waals surface area contributed by atoms with Gasteiger partial charge < -0.3 is 4.57 Å². The Labute approximate surface area is 182 Å². The van der Waals surface area contributed by atoms with Crippen LogP contribution >= 0.6 is 34.7 Å². The van der Waals surface area contributed by atoms with Gasteiger partial charge in [0.15, 0.2) is 11.0 Å². The minimum absolute atomic E-state index is 0.253. The fourth-order valence-electron chi connectivity index (χ4n) is 3.50. The number of aryl methyl sites for hydroxylation is 1. The maximum Gasteiger partial charge on any atom is 0.252 e. The van der Waals surface area contributed by atoms with Crippen molar-refractivity contribution in [2.45, 2.75) is 42.7 Å². The molecule has 0 aliphatic carbocycles. The summed E-state index contributed by atoms with van der Waals surface area (Å²) < 4.78 is 32.3. The normalized spacial score (nSPS) is 15.0. The number of rotatable bonds is 6. The maximum atomic E-state index is 13.1. The van der Waals surface area contributed by atoms with Gasteiger partial charge in [0.05, 0.1) is 4.34 Å². The molecule has 0 spiro atoms. The minimum atomic E-state index is -3.61. The third kappa shape index (κ3) is 3.63. The largest absolute Gasteiger partial charge is 0.301 e. The Kier molecular flexibility index (Phi) is 5.77. The van der Waals surface area contributed by atoms with E-state index in [1.54, 1.807) is 23.9 Å². The number of thioether (sulfide) groups is 1. The van der Waals surface area contributed by atoms with E-state index in [9.17, 15) is 8.42 Å². The van der Waals surface area contributed by atoms with Gasteiger partial charge in [0.2, 0.25) is 0 Å². The SMILES string of the molecule is CCSc1nnc(-c2nn(C)c3c2CN(S(=O)(=O)c2ccc(Cl)s2)CC3)n1CC. The first-order valence-corrected chi connectivity index (χ1v) is 12.8. The number of hydrogen-bond acceptors (Lipinski definition) is 7. The molecule has 3 aromatic rings. The van der Waals surface area contributed by atoms with E-state index in [1.165, 1.54) is 4.31 Å². The van der Waals surface area contributed by atoms with Crippen LogP contribution < -0.4 is 0 Å². The quantitative estimate of drug-likeness (QED) is 0.512. The van der Waals surface area contributed by atoms with Crippen molar-refractivity contribution < 1.29 is 8.42 Å². The molecular formula is C17H21ClN6O2S3. The van der Waals surface area contributed by atoms with Crippen LogP contribution in [0.5, 0.6) is 0 Å². The van der Waals surface area contributed by atoms with Crippen molar-refractivity contribution in [2.24, 2.45) is 7.05 Å². The number of thiophene rings is 1. The average Bonchev–Trinajstić information content (AvgIpc) is 3.39. The molecule has 12 heteroatoms. The number of fused-ring (bicyclic) bond motifs is 1. The van der Waals surface area contributed by atoms with E-state index in [0.717, 1.165) is 33.5 Å². The smallest absolute Gasteiger partial charge is 0.252 e. The van der Waals surface area contributed by atoms with Gasteiger partial charge in [0.25, 0.3) is 10.0 Å². The molecular weight excluding hydrogens is 452 g/mol. The van der Waals surface area contributed by atoms with Crippen molar-refractivity contribution in [1.29, 1.82) is 0 Å². The Morgan fingerprint density at radius 1 is 1.28 bits per heavy atom. The summed E-state index contributed by atoms with van der Waals surface area (Å²) in [4.78, 5) is 0. The zero-order valence-corrected chi connectivity index (χ0v) is 19.5. The second kappa shape index (κ2) is 8.03. The topological polar surface area (TPSA) is 85.9 Å². The minimum Gasteiger partial charge on any atom is -0.301 e. The second-order valence-electron chi connectivity index (χ2n) is 6.53. The zero-order valence-electron chi connectivity index (χ0n) is 16.3. The lowest BCUT2D eigenvalue weighted by atomic mass is 10.1. The van der Waals surface area contributed by atoms with Gasteiger partial charge in [-0.1, -0.05) is 30.3 Å². The van der Waals surface area contributed by atoms with Gasteiger partial charge in [-0.15, -0.1) is 21.5 Å². The van der Waals surface area contributed by atoms with E-state index in [0.29, 0.717) is 35.4 Å². The van der Waals surface area contributed by atoms with Gasteiger partial charge in [-0.2, -0.15) is 9.40 Å². The molecule has 1 aliphatic rings. The van der Waals surface area contributed by atoms with Crippen molar-refractivity contribution in [2.75, 3.05) is 12.3 Å². The van der Waals surface area contributed by atoms with Gasteiger partial charge in [0.1, 0.15) is 9.90 Å². The molecule has 1 aliphatic heterocycles. The van der Waals surface area contributed by atoms with Gasteiger partial charge in [-0.05, 0) is 24.8 Å². The molecule has 0 saturated carbocycles. The molecule has 0 fully saturated rings. The van der Waals surface area contributed by atoms with Crippen molar-refractivity contribution >= 4 is 44.7 Å². The molecule has 0 bridgehead atoms. The first-order chi connectivity index (χ1) is 13.9. The first kappa shape index (κ1) is 20.9. The maximum absolute atomic E-state index is 13.1. The van der Waals surface area contributed by atoms with E-state index >= 15 is 0 Å². The summed E-state index contributed by atoms with van der Waals surface area (Å²) in [5.41, 5.74) is 2.62. The fraction of sp³-hybridized carbons (Fsp3) is 0.471. The van der Waals surface area contributed by atoms with E-state index in [4.69, 9.17) is 11.6 Å². The fourth-order valence-corrected chi connectivity index (χ4v) is 7.27. The van der Waals surface area contributed by atoms with E-state index < -0.39 is 10.0 Å². The van der Waals surface area contributed by atoms with Gasteiger partial charge >= 0.3 is 0 Å². The third-order valence-corrected chi connectivity index (χ3v) is 9.26. The molecule has 3 aromatic heterocycles. The second-order valence-corrected chi connectivity index (χ2v) is 11.6. The molecule has 4 heterocycles. The highest BCUT2D eigenvalue weighted by Crippen LogP contribution is 2.34. The summed E-state index contributed by atoms with van der Waals surface area (Å²) in [5.74, 6) is 1.58. The highest BCUT2D eigenvalue weighted by molar-refractivity contribution is 7.99. The summed E-state index contributed by atoms with van der Waals surface area (Å²) in [6.07, 6.45) is 0.591. The Balaban J connectivity index is 1.74. The molecule has 0 amide bonds. The molecule has 0 aromatic carbocycles. The van der Waals surface area contributed by atoms with Crippen LogP contribution in [0, 0.1) is 0 Å². The highest BCUT2D eigenvalue weighted by Gasteiger charge is 2.34. The number of nitrogens with zero attached hydrogens (tertiary/aromatic N) is 6. The summed E-state index contributed by atoms with van der Waals surface area (Å²) >= 11 is 8.66. The monoisotopic (exact) mass is 472 g/mol. The molecule has 0 saturated heterocycles. The zero-order chi connectivity index (χ0) is 20.8. The number of aromatic nitrogens is 5. The molecule has 156 valence electrons. The Bertz CT molecular complexity index is 1150. The van der Waals surface area contributed by atoms with Gasteiger partial charge in [-0.3, -0.25) is 4.68 Å². The number of sulfonamides is 1. The molecule has 0 unspecified atom stereocenters. The van der Waals surface area contributed by atoms with Crippen LogP contribution in [0.3, 0.4) is 0 Å². The Morgan fingerprint density at radius 3 is 2.72 bits per heavy atom. The van der Waals surface area contributed by atoms with E-state index in [1.807, 2.05) is 23.2 Å². The number of hydrogen-bond donors (Lipinski definition) is 0. The highest BCUT2D eigenvalue weighted by atomic mass is 35.5. The van der Waals surface area contributed by atoms with Crippen LogP contribution in [-0.4, -0.2) is 49.6 Å². The van der Waals surface area contributed by atoms with Crippen molar-refractivity contribution in [3.05, 3.63) is 27.7 Å². The molecule has 29 heavy (non-hydrogen) atoms. The summed E-state index contributed by atoms with van der Waals surface area (Å²) in [6.45, 7) is 5.48. The Hall–Kier alpha value is -1.40. The van der Waals surface area contributed by atoms with Crippen LogP contribution in [0.25, 0.3) is 11.5 Å². The lowest BCUT2D eigenvalue weighted by Gasteiger charge is -2.26. The molecule has 0 N–H and O–H groups in total. The lowest BCUT2D eigenvalue weighted by molar-refractivity contribution is 0.387. The van der Waals surface area contributed by atoms with Crippen LogP contribution in [0.2, 0.25) is 4.34 Å². The predicted molar refractivity (Wildman–Crippen MR) is 115 cm³/mol. The van der Waals surface area contributed by atoms with E-state index in [-0.39, 0.29) is 10.8 Å². The van der Waals surface area contributed by atoms with Crippen LogP contribution in [0.4, 0.5) is 0 Å². The standard InChI is InChI=1S/C17H21ClN6O2S3/c1-4-24-16(19-20-17(24)27-5-2)15-11-10-23(9-8-12(11)22(3)21-15)29(25,26)14-7-6-13(18)28-14/h6-7H,4-5,8-10H2,1-3H3. The van der Waals surface area contributed by atoms with Crippen LogP contribution in [0.15, 0.2) is 21.5 Å². The molecule has 8 nitrogen and oxygen atoms in total. The average molecular weight is 473 g/mol. The summed E-state index contributed by atoms with van der Waals surface area (Å²) in [6, 6.07) is 3.17. The first-order valence-electron chi connectivity index (χ1n) is 9.23.